The van der Waals surface area contributed by atoms with Crippen LogP contribution in [0.1, 0.15) is 38.8 Å². The highest BCUT2D eigenvalue weighted by Crippen LogP contribution is 2.32. The highest BCUT2D eigenvalue weighted by molar-refractivity contribution is 9.10. The predicted molar refractivity (Wildman–Crippen MR) is 88.2 cm³/mol. The Morgan fingerprint density at radius 3 is 2.90 bits per heavy atom. The standard InChI is InChI=1S/C16H25BrN2O/c1-4-18-12(3)14-9-13(17)5-6-15(14)19-8-7-16(20)11(2)10-19/h5-6,9,11-12,16,18,20H,4,7-8,10H2,1-3H3. The Kier molecular flexibility index (Phi) is 5.47. The molecule has 0 radical (unpaired) electrons. The van der Waals surface area contributed by atoms with E-state index in [0.717, 1.165) is 30.5 Å². The van der Waals surface area contributed by atoms with E-state index in [9.17, 15) is 5.11 Å². The number of rotatable bonds is 4. The van der Waals surface area contributed by atoms with Gasteiger partial charge in [-0.05, 0) is 49.6 Å². The van der Waals surface area contributed by atoms with Crippen molar-refractivity contribution in [2.24, 2.45) is 5.92 Å². The highest BCUT2D eigenvalue weighted by atomic mass is 79.9. The monoisotopic (exact) mass is 340 g/mol. The van der Waals surface area contributed by atoms with Crippen LogP contribution in [-0.2, 0) is 0 Å². The van der Waals surface area contributed by atoms with Crippen molar-refractivity contribution in [2.75, 3.05) is 24.5 Å². The summed E-state index contributed by atoms with van der Waals surface area (Å²) in [5, 5.41) is 13.4. The first-order chi connectivity index (χ1) is 9.52. The molecule has 112 valence electrons. The average molecular weight is 341 g/mol. The molecule has 3 unspecified atom stereocenters. The molecule has 2 rings (SSSR count). The predicted octanol–water partition coefficient (Wildman–Crippen LogP) is 3.33. The Morgan fingerprint density at radius 2 is 2.25 bits per heavy atom. The number of hydrogen-bond acceptors (Lipinski definition) is 3. The molecule has 0 aromatic heterocycles. The summed E-state index contributed by atoms with van der Waals surface area (Å²) < 4.78 is 1.12. The van der Waals surface area contributed by atoms with Crippen molar-refractivity contribution < 1.29 is 5.11 Å². The minimum absolute atomic E-state index is 0.156. The molecule has 0 aliphatic carbocycles. The Labute approximate surface area is 130 Å². The van der Waals surface area contributed by atoms with Gasteiger partial charge in [0.2, 0.25) is 0 Å². The van der Waals surface area contributed by atoms with Crippen molar-refractivity contribution in [1.82, 2.24) is 5.32 Å². The van der Waals surface area contributed by atoms with E-state index in [1.165, 1.54) is 11.3 Å². The number of hydrogen-bond donors (Lipinski definition) is 2. The number of nitrogens with one attached hydrogen (secondary N) is 1. The lowest BCUT2D eigenvalue weighted by atomic mass is 9.95. The van der Waals surface area contributed by atoms with Gasteiger partial charge in [-0.3, -0.25) is 0 Å². The first kappa shape index (κ1) is 15.8. The summed E-state index contributed by atoms with van der Waals surface area (Å²) in [4.78, 5) is 2.41. The van der Waals surface area contributed by atoms with Crippen molar-refractivity contribution in [3.8, 4) is 0 Å². The van der Waals surface area contributed by atoms with Gasteiger partial charge in [0.15, 0.2) is 0 Å². The highest BCUT2D eigenvalue weighted by Gasteiger charge is 2.26. The molecular weight excluding hydrogens is 316 g/mol. The van der Waals surface area contributed by atoms with Gasteiger partial charge in [0.1, 0.15) is 0 Å². The van der Waals surface area contributed by atoms with E-state index in [0.29, 0.717) is 12.0 Å². The molecule has 1 aliphatic rings. The molecule has 20 heavy (non-hydrogen) atoms. The second-order valence-corrected chi connectivity index (χ2v) is 6.68. The molecular formula is C16H25BrN2O. The lowest BCUT2D eigenvalue weighted by Crippen LogP contribution is -2.42. The maximum atomic E-state index is 9.90. The molecule has 4 heteroatoms. The third kappa shape index (κ3) is 3.54. The van der Waals surface area contributed by atoms with Crippen molar-refractivity contribution in [3.05, 3.63) is 28.2 Å². The van der Waals surface area contributed by atoms with Crippen LogP contribution in [-0.4, -0.2) is 30.8 Å². The molecule has 0 saturated carbocycles. The lowest BCUT2D eigenvalue weighted by Gasteiger charge is -2.37. The van der Waals surface area contributed by atoms with Crippen LogP contribution in [0.15, 0.2) is 22.7 Å². The summed E-state index contributed by atoms with van der Waals surface area (Å²) in [6, 6.07) is 6.83. The molecule has 1 aromatic carbocycles. The minimum atomic E-state index is -0.156. The zero-order valence-electron chi connectivity index (χ0n) is 12.6. The third-order valence-corrected chi connectivity index (χ3v) is 4.66. The molecule has 1 fully saturated rings. The van der Waals surface area contributed by atoms with Gasteiger partial charge in [0, 0.05) is 29.3 Å². The van der Waals surface area contributed by atoms with Gasteiger partial charge in [0.05, 0.1) is 6.10 Å². The summed E-state index contributed by atoms with van der Waals surface area (Å²) in [5.74, 6) is 0.328. The fraction of sp³-hybridized carbons (Fsp3) is 0.625. The van der Waals surface area contributed by atoms with Crippen molar-refractivity contribution >= 4 is 21.6 Å². The summed E-state index contributed by atoms with van der Waals surface area (Å²) in [6.07, 6.45) is 0.697. The number of benzene rings is 1. The van der Waals surface area contributed by atoms with Crippen LogP contribution in [0.5, 0.6) is 0 Å². The number of piperidine rings is 1. The van der Waals surface area contributed by atoms with Crippen LogP contribution in [0.4, 0.5) is 5.69 Å². The van der Waals surface area contributed by atoms with Gasteiger partial charge >= 0.3 is 0 Å². The molecule has 0 spiro atoms. The Morgan fingerprint density at radius 1 is 1.50 bits per heavy atom. The largest absolute Gasteiger partial charge is 0.393 e. The average Bonchev–Trinajstić information content (AvgIpc) is 2.42. The molecule has 2 N–H and O–H groups in total. The second-order valence-electron chi connectivity index (χ2n) is 5.76. The quantitative estimate of drug-likeness (QED) is 0.882. The molecule has 1 aliphatic heterocycles. The number of anilines is 1. The summed E-state index contributed by atoms with van der Waals surface area (Å²) >= 11 is 3.57. The van der Waals surface area contributed by atoms with Crippen LogP contribution in [0.2, 0.25) is 0 Å². The number of aliphatic hydroxyl groups is 1. The number of nitrogens with zero attached hydrogens (tertiary/aromatic N) is 1. The zero-order chi connectivity index (χ0) is 14.7. The normalized spacial score (nSPS) is 24.8. The SMILES string of the molecule is CCNC(C)c1cc(Br)ccc1N1CCC(O)C(C)C1. The molecule has 0 bridgehead atoms. The number of halogens is 1. The van der Waals surface area contributed by atoms with Crippen LogP contribution < -0.4 is 10.2 Å². The summed E-state index contributed by atoms with van der Waals surface area (Å²) in [7, 11) is 0. The van der Waals surface area contributed by atoms with Crippen LogP contribution >= 0.6 is 15.9 Å². The fourth-order valence-electron chi connectivity index (χ4n) is 2.93. The Hall–Kier alpha value is -0.580. The smallest absolute Gasteiger partial charge is 0.0599 e. The van der Waals surface area contributed by atoms with Gasteiger partial charge in [-0.1, -0.05) is 29.8 Å². The van der Waals surface area contributed by atoms with E-state index >= 15 is 0 Å². The first-order valence-corrected chi connectivity index (χ1v) is 8.28. The molecule has 1 saturated heterocycles. The number of aliphatic hydroxyl groups excluding tert-OH is 1. The maximum absolute atomic E-state index is 9.90. The Bertz CT molecular complexity index is 452. The second kappa shape index (κ2) is 6.92. The van der Waals surface area contributed by atoms with Crippen LogP contribution in [0.3, 0.4) is 0 Å². The van der Waals surface area contributed by atoms with E-state index < -0.39 is 0 Å². The van der Waals surface area contributed by atoms with E-state index in [-0.39, 0.29) is 6.10 Å². The van der Waals surface area contributed by atoms with Gasteiger partial charge in [-0.15, -0.1) is 0 Å². The van der Waals surface area contributed by atoms with E-state index in [1.807, 2.05) is 0 Å². The summed E-state index contributed by atoms with van der Waals surface area (Å²) in [6.45, 7) is 9.28. The van der Waals surface area contributed by atoms with E-state index in [1.54, 1.807) is 0 Å². The fourth-order valence-corrected chi connectivity index (χ4v) is 3.31. The molecule has 1 aromatic rings. The van der Waals surface area contributed by atoms with E-state index in [4.69, 9.17) is 0 Å². The first-order valence-electron chi connectivity index (χ1n) is 7.48. The topological polar surface area (TPSA) is 35.5 Å². The zero-order valence-corrected chi connectivity index (χ0v) is 14.2. The maximum Gasteiger partial charge on any atom is 0.0599 e. The molecule has 3 nitrogen and oxygen atoms in total. The van der Waals surface area contributed by atoms with Gasteiger partial charge < -0.3 is 15.3 Å². The van der Waals surface area contributed by atoms with Gasteiger partial charge in [-0.2, -0.15) is 0 Å². The molecule has 3 atom stereocenters. The van der Waals surface area contributed by atoms with Crippen molar-refractivity contribution in [3.63, 3.8) is 0 Å². The summed E-state index contributed by atoms with van der Waals surface area (Å²) in [5.41, 5.74) is 2.62. The lowest BCUT2D eigenvalue weighted by molar-refractivity contribution is 0.0970. The van der Waals surface area contributed by atoms with Crippen molar-refractivity contribution in [1.29, 1.82) is 0 Å². The third-order valence-electron chi connectivity index (χ3n) is 4.17. The molecule has 0 amide bonds. The van der Waals surface area contributed by atoms with Crippen LogP contribution in [0.25, 0.3) is 0 Å². The van der Waals surface area contributed by atoms with Crippen LogP contribution in [0, 0.1) is 5.92 Å². The minimum Gasteiger partial charge on any atom is -0.393 e. The van der Waals surface area contributed by atoms with Gasteiger partial charge in [-0.25, -0.2) is 0 Å². The van der Waals surface area contributed by atoms with Gasteiger partial charge in [0.25, 0.3) is 0 Å². The Balaban J connectivity index is 2.26. The van der Waals surface area contributed by atoms with Crippen molar-refractivity contribution in [2.45, 2.75) is 39.3 Å². The molecule has 1 heterocycles. The van der Waals surface area contributed by atoms with E-state index in [2.05, 4.69) is 65.1 Å².